The molecule has 0 spiro atoms. The maximum Gasteiger partial charge on any atom is 0.387 e. The average Bonchev–Trinajstić information content (AvgIpc) is 3.59. The molecule has 6 nitrogen and oxygen atoms in total. The molecule has 2 saturated carbocycles. The lowest BCUT2D eigenvalue weighted by atomic mass is 10.1. The van der Waals surface area contributed by atoms with Crippen LogP contribution in [0, 0.1) is 5.41 Å². The molecule has 1 atom stereocenters. The van der Waals surface area contributed by atoms with Gasteiger partial charge in [0.2, 0.25) is 0 Å². The van der Waals surface area contributed by atoms with Crippen molar-refractivity contribution in [2.45, 2.75) is 65.0 Å². The Balaban J connectivity index is 0.000000448. The van der Waals surface area contributed by atoms with E-state index in [9.17, 15) is 18.4 Å². The van der Waals surface area contributed by atoms with Gasteiger partial charge in [-0.3, -0.25) is 9.59 Å². The minimum Gasteiger partial charge on any atom is -0.435 e. The zero-order valence-electron chi connectivity index (χ0n) is 17.4. The first-order valence-electron chi connectivity index (χ1n) is 10.1. The second kappa shape index (κ2) is 8.93. The lowest BCUT2D eigenvalue weighted by molar-refractivity contribution is -0.0498. The van der Waals surface area contributed by atoms with Gasteiger partial charge < -0.3 is 15.0 Å². The van der Waals surface area contributed by atoms with Crippen LogP contribution in [-0.2, 0) is 0 Å². The number of halogens is 2. The number of hydrogen-bond acceptors (Lipinski definition) is 4. The van der Waals surface area contributed by atoms with Crippen LogP contribution in [-0.4, -0.2) is 22.5 Å². The number of aromatic nitrogens is 2. The molecule has 30 heavy (non-hydrogen) atoms. The van der Waals surface area contributed by atoms with Gasteiger partial charge in [0.25, 0.3) is 11.5 Å². The number of benzene rings is 1. The minimum absolute atomic E-state index is 0.0441. The molecule has 4 rings (SSSR count). The van der Waals surface area contributed by atoms with Crippen LogP contribution in [0.5, 0.6) is 5.75 Å². The number of ether oxygens (including phenoxy) is 1. The molecule has 0 aliphatic heterocycles. The van der Waals surface area contributed by atoms with E-state index in [2.05, 4.69) is 33.9 Å². The summed E-state index contributed by atoms with van der Waals surface area (Å²) in [4.78, 5) is 30.9. The van der Waals surface area contributed by atoms with Crippen molar-refractivity contribution in [1.29, 1.82) is 0 Å². The van der Waals surface area contributed by atoms with Crippen molar-refractivity contribution in [3.63, 3.8) is 0 Å². The van der Waals surface area contributed by atoms with Crippen LogP contribution in [0.3, 0.4) is 0 Å². The van der Waals surface area contributed by atoms with Crippen molar-refractivity contribution in [1.82, 2.24) is 15.3 Å². The van der Waals surface area contributed by atoms with Crippen LogP contribution >= 0.6 is 0 Å². The van der Waals surface area contributed by atoms with Crippen LogP contribution in [0.2, 0.25) is 0 Å². The van der Waals surface area contributed by atoms with E-state index < -0.39 is 18.6 Å². The number of carbonyl (C=O) groups excluding carboxylic acids is 1. The molecule has 8 heteroatoms. The van der Waals surface area contributed by atoms with Crippen molar-refractivity contribution in [3.05, 3.63) is 57.8 Å². The van der Waals surface area contributed by atoms with Crippen molar-refractivity contribution in [3.8, 4) is 5.75 Å². The first-order valence-corrected chi connectivity index (χ1v) is 10.1. The quantitative estimate of drug-likeness (QED) is 0.720. The van der Waals surface area contributed by atoms with Gasteiger partial charge in [0.1, 0.15) is 17.3 Å². The number of H-pyrrole nitrogens is 1. The third-order valence-corrected chi connectivity index (χ3v) is 5.16. The molecular weight excluding hydrogens is 392 g/mol. The molecule has 1 aromatic carbocycles. The van der Waals surface area contributed by atoms with Gasteiger partial charge in [0.05, 0.1) is 6.04 Å². The van der Waals surface area contributed by atoms with Gasteiger partial charge in [0.15, 0.2) is 0 Å². The third kappa shape index (κ3) is 6.64. The van der Waals surface area contributed by atoms with Gasteiger partial charge in [-0.25, -0.2) is 4.98 Å². The first kappa shape index (κ1) is 21.9. The summed E-state index contributed by atoms with van der Waals surface area (Å²) in [5.74, 6) is 0.343. The fraction of sp³-hybridized carbons (Fsp3) is 0.500. The molecule has 0 radical (unpaired) electrons. The predicted molar refractivity (Wildman–Crippen MR) is 109 cm³/mol. The Labute approximate surface area is 174 Å². The Kier molecular flexibility index (Phi) is 6.53. The Morgan fingerprint density at radius 3 is 2.33 bits per heavy atom. The lowest BCUT2D eigenvalue weighted by Gasteiger charge is -2.15. The lowest BCUT2D eigenvalue weighted by Crippen LogP contribution is -2.29. The highest BCUT2D eigenvalue weighted by molar-refractivity contribution is 5.92. The zero-order valence-corrected chi connectivity index (χ0v) is 17.4. The Bertz CT molecular complexity index is 931. The summed E-state index contributed by atoms with van der Waals surface area (Å²) < 4.78 is 28.6. The van der Waals surface area contributed by atoms with Crippen LogP contribution in [0.15, 0.2) is 35.1 Å². The minimum atomic E-state index is -2.88. The van der Waals surface area contributed by atoms with E-state index in [0.717, 1.165) is 24.3 Å². The normalized spacial score (nSPS) is 17.5. The second-order valence-corrected chi connectivity index (χ2v) is 8.60. The monoisotopic (exact) mass is 419 g/mol. The van der Waals surface area contributed by atoms with Crippen LogP contribution in [0.4, 0.5) is 8.78 Å². The molecule has 1 aromatic heterocycles. The van der Waals surface area contributed by atoms with Gasteiger partial charge in [-0.1, -0.05) is 26.0 Å². The summed E-state index contributed by atoms with van der Waals surface area (Å²) >= 11 is 0. The van der Waals surface area contributed by atoms with Crippen molar-refractivity contribution in [2.24, 2.45) is 5.41 Å². The van der Waals surface area contributed by atoms with Crippen molar-refractivity contribution in [2.75, 3.05) is 0 Å². The topological polar surface area (TPSA) is 84.1 Å². The summed E-state index contributed by atoms with van der Waals surface area (Å²) in [7, 11) is 0. The molecule has 1 heterocycles. The molecule has 2 aliphatic rings. The maximum absolute atomic E-state index is 12.3. The van der Waals surface area contributed by atoms with E-state index in [4.69, 9.17) is 0 Å². The summed E-state index contributed by atoms with van der Waals surface area (Å²) in [6.45, 7) is 3.46. The largest absolute Gasteiger partial charge is 0.435 e. The SMILES string of the molecule is CC1(C)CC1.C[C@@H](NC(=O)c1cc(=O)[nH]c(C2CC2)n1)c1ccc(OC(F)F)cc1. The number of nitrogens with zero attached hydrogens (tertiary/aromatic N) is 1. The molecule has 0 saturated heterocycles. The van der Waals surface area contributed by atoms with Gasteiger partial charge in [-0.2, -0.15) is 8.78 Å². The van der Waals surface area contributed by atoms with Gasteiger partial charge in [0, 0.05) is 12.0 Å². The molecule has 162 valence electrons. The molecular formula is C22H27F2N3O3. The summed E-state index contributed by atoms with van der Waals surface area (Å²) in [6, 6.07) is 6.75. The van der Waals surface area contributed by atoms with Gasteiger partial charge in [-0.15, -0.1) is 0 Å². The number of alkyl halides is 2. The summed E-state index contributed by atoms with van der Waals surface area (Å²) in [5, 5.41) is 2.74. The fourth-order valence-electron chi connectivity index (χ4n) is 2.68. The molecule has 1 amide bonds. The van der Waals surface area contributed by atoms with Crippen LogP contribution in [0.25, 0.3) is 0 Å². The van der Waals surface area contributed by atoms with E-state index in [1.807, 2.05) is 0 Å². The maximum atomic E-state index is 12.3. The standard InChI is InChI=1S/C17H17F2N3O3.C5H10/c1-9(10-4-6-12(7-5-10)25-17(18)19)20-16(24)13-8-14(23)22-15(21-13)11-2-3-11;1-5(2)3-4-5/h4-9,11,17H,2-3H2,1H3,(H,20,24)(H,21,22,23);3-4H2,1-2H3/t9-;/m1./s1. The van der Waals surface area contributed by atoms with E-state index in [0.29, 0.717) is 11.4 Å². The Morgan fingerprint density at radius 1 is 1.23 bits per heavy atom. The van der Waals surface area contributed by atoms with Crippen molar-refractivity contribution < 1.29 is 18.3 Å². The molecule has 2 N–H and O–H groups in total. The van der Waals surface area contributed by atoms with Crippen molar-refractivity contribution >= 4 is 5.91 Å². The molecule has 2 fully saturated rings. The predicted octanol–water partition coefficient (Wildman–Crippen LogP) is 4.55. The smallest absolute Gasteiger partial charge is 0.387 e. The number of aromatic amines is 1. The number of amides is 1. The summed E-state index contributed by atoms with van der Waals surface area (Å²) in [5.41, 5.74) is 1.17. The highest BCUT2D eigenvalue weighted by Crippen LogP contribution is 2.43. The first-order chi connectivity index (χ1) is 14.1. The van der Waals surface area contributed by atoms with Crippen LogP contribution < -0.4 is 15.6 Å². The molecule has 2 aromatic rings. The number of rotatable bonds is 6. The average molecular weight is 419 g/mol. The highest BCUT2D eigenvalue weighted by Gasteiger charge is 2.30. The van der Waals surface area contributed by atoms with E-state index in [1.165, 1.54) is 25.0 Å². The third-order valence-electron chi connectivity index (χ3n) is 5.16. The van der Waals surface area contributed by atoms with E-state index in [-0.39, 0.29) is 22.9 Å². The number of nitrogens with one attached hydrogen (secondary N) is 2. The van der Waals surface area contributed by atoms with Gasteiger partial charge in [-0.05, 0) is 55.7 Å². The number of hydrogen-bond donors (Lipinski definition) is 2. The summed E-state index contributed by atoms with van der Waals surface area (Å²) in [6.07, 6.45) is 4.81. The number of carbonyl (C=O) groups is 1. The molecule has 0 unspecified atom stereocenters. The Morgan fingerprint density at radius 2 is 1.83 bits per heavy atom. The molecule has 2 aliphatic carbocycles. The zero-order chi connectivity index (χ0) is 21.9. The van der Waals surface area contributed by atoms with E-state index in [1.54, 1.807) is 19.1 Å². The van der Waals surface area contributed by atoms with Gasteiger partial charge >= 0.3 is 6.61 Å². The highest BCUT2D eigenvalue weighted by atomic mass is 19.3. The molecule has 0 bridgehead atoms. The fourth-order valence-corrected chi connectivity index (χ4v) is 2.68. The second-order valence-electron chi connectivity index (χ2n) is 8.60. The Hall–Kier alpha value is -2.77. The van der Waals surface area contributed by atoms with Crippen LogP contribution in [0.1, 0.15) is 80.3 Å². The van der Waals surface area contributed by atoms with E-state index >= 15 is 0 Å².